The Labute approximate surface area is 109 Å². The van der Waals surface area contributed by atoms with E-state index in [0.29, 0.717) is 23.9 Å². The Balaban J connectivity index is 2.21. The van der Waals surface area contributed by atoms with Gasteiger partial charge in [0.15, 0.2) is 0 Å². The summed E-state index contributed by atoms with van der Waals surface area (Å²) < 4.78 is 5.40. The van der Waals surface area contributed by atoms with Crippen LogP contribution < -0.4 is 4.74 Å². The summed E-state index contributed by atoms with van der Waals surface area (Å²) in [5.41, 5.74) is 0.225. The predicted octanol–water partition coefficient (Wildman–Crippen LogP) is 0.850. The van der Waals surface area contributed by atoms with E-state index in [1.165, 1.54) is 23.9 Å². The Morgan fingerprint density at radius 1 is 1.33 bits per heavy atom. The number of carboxylic acids is 1. The van der Waals surface area contributed by atoms with Crippen molar-refractivity contribution in [3.63, 3.8) is 0 Å². The molecule has 0 heterocycles. The van der Waals surface area contributed by atoms with Crippen LogP contribution in [-0.2, 0) is 0 Å². The summed E-state index contributed by atoms with van der Waals surface area (Å²) in [6.45, 7) is 0.236. The quantitative estimate of drug-likeness (QED) is 0.608. The number of thioether (sulfide) groups is 1. The minimum absolute atomic E-state index is 0.225. The molecule has 0 radical (unpaired) electrons. The first-order valence-corrected chi connectivity index (χ1v) is 6.61. The van der Waals surface area contributed by atoms with Crippen LogP contribution in [0.2, 0.25) is 0 Å². The largest absolute Gasteiger partial charge is 0.493 e. The number of hydrogen-bond acceptors (Lipinski definition) is 5. The Kier molecular flexibility index (Phi) is 6.56. The average Bonchev–Trinajstić information content (AvgIpc) is 2.38. The maximum Gasteiger partial charge on any atom is 0.335 e. The van der Waals surface area contributed by atoms with Gasteiger partial charge in [-0.1, -0.05) is 0 Å². The molecule has 1 rings (SSSR count). The minimum Gasteiger partial charge on any atom is -0.493 e. The number of carbonyl (C=O) groups is 1. The lowest BCUT2D eigenvalue weighted by atomic mass is 10.2. The van der Waals surface area contributed by atoms with E-state index < -0.39 is 12.1 Å². The molecule has 18 heavy (non-hydrogen) atoms. The number of aromatic carboxylic acids is 1. The molecule has 3 N–H and O–H groups in total. The van der Waals surface area contributed by atoms with Gasteiger partial charge in [0, 0.05) is 11.5 Å². The summed E-state index contributed by atoms with van der Waals surface area (Å²) in [6.07, 6.45) is -0.690. The monoisotopic (exact) mass is 272 g/mol. The maximum atomic E-state index is 10.6. The number of rotatable bonds is 8. The first-order valence-electron chi connectivity index (χ1n) is 5.46. The van der Waals surface area contributed by atoms with Gasteiger partial charge in [-0.15, -0.1) is 0 Å². The molecule has 100 valence electrons. The molecule has 0 aliphatic rings. The molecule has 1 atom stereocenters. The van der Waals surface area contributed by atoms with Gasteiger partial charge in [0.05, 0.1) is 24.9 Å². The van der Waals surface area contributed by atoms with Crippen molar-refractivity contribution in [2.75, 3.05) is 24.7 Å². The van der Waals surface area contributed by atoms with E-state index >= 15 is 0 Å². The Bertz CT molecular complexity index is 365. The molecule has 0 amide bonds. The number of aliphatic hydroxyl groups is 2. The molecule has 0 bridgehead atoms. The lowest BCUT2D eigenvalue weighted by Crippen LogP contribution is -2.15. The molecule has 0 aliphatic carbocycles. The van der Waals surface area contributed by atoms with E-state index in [0.717, 1.165) is 0 Å². The fourth-order valence-corrected chi connectivity index (χ4v) is 1.93. The molecule has 0 aliphatic heterocycles. The summed E-state index contributed by atoms with van der Waals surface area (Å²) in [5, 5.41) is 26.4. The topological polar surface area (TPSA) is 87.0 Å². The second-order valence-electron chi connectivity index (χ2n) is 3.59. The highest BCUT2D eigenvalue weighted by molar-refractivity contribution is 7.99. The second kappa shape index (κ2) is 7.97. The van der Waals surface area contributed by atoms with Crippen LogP contribution in [-0.4, -0.2) is 52.1 Å². The molecule has 0 saturated heterocycles. The zero-order chi connectivity index (χ0) is 13.4. The van der Waals surface area contributed by atoms with Gasteiger partial charge in [0.2, 0.25) is 0 Å². The van der Waals surface area contributed by atoms with Crippen LogP contribution in [0, 0.1) is 0 Å². The second-order valence-corrected chi connectivity index (χ2v) is 4.74. The number of benzene rings is 1. The van der Waals surface area contributed by atoms with Crippen molar-refractivity contribution >= 4 is 17.7 Å². The van der Waals surface area contributed by atoms with Crippen molar-refractivity contribution in [3.8, 4) is 5.75 Å². The van der Waals surface area contributed by atoms with Gasteiger partial charge < -0.3 is 20.1 Å². The van der Waals surface area contributed by atoms with Crippen LogP contribution in [0.3, 0.4) is 0 Å². The van der Waals surface area contributed by atoms with Crippen molar-refractivity contribution in [2.45, 2.75) is 6.10 Å². The summed E-state index contributed by atoms with van der Waals surface area (Å²) >= 11 is 1.48. The van der Waals surface area contributed by atoms with Gasteiger partial charge >= 0.3 is 5.97 Å². The molecule has 1 aromatic rings. The number of hydrogen-bond donors (Lipinski definition) is 3. The summed E-state index contributed by atoms with van der Waals surface area (Å²) in [4.78, 5) is 10.6. The molecule has 5 nitrogen and oxygen atoms in total. The maximum absolute atomic E-state index is 10.6. The fraction of sp³-hybridized carbons (Fsp3) is 0.417. The highest BCUT2D eigenvalue weighted by Crippen LogP contribution is 2.13. The molecule has 0 aromatic heterocycles. The van der Waals surface area contributed by atoms with Gasteiger partial charge in [0.1, 0.15) is 5.75 Å². The third kappa shape index (κ3) is 5.39. The van der Waals surface area contributed by atoms with Gasteiger partial charge in [-0.3, -0.25) is 0 Å². The van der Waals surface area contributed by atoms with Crippen molar-refractivity contribution in [1.29, 1.82) is 0 Å². The van der Waals surface area contributed by atoms with E-state index in [1.807, 2.05) is 0 Å². The van der Waals surface area contributed by atoms with E-state index in [-0.39, 0.29) is 12.2 Å². The lowest BCUT2D eigenvalue weighted by molar-refractivity contribution is 0.0697. The zero-order valence-electron chi connectivity index (χ0n) is 9.78. The molecule has 1 aromatic carbocycles. The zero-order valence-corrected chi connectivity index (χ0v) is 10.6. The summed E-state index contributed by atoms with van der Waals surface area (Å²) in [7, 11) is 0. The SMILES string of the molecule is O=C(O)c1ccc(OCCSCC(O)CO)cc1. The van der Waals surface area contributed by atoms with E-state index in [4.69, 9.17) is 20.1 Å². The van der Waals surface area contributed by atoms with Crippen molar-refractivity contribution in [2.24, 2.45) is 0 Å². The van der Waals surface area contributed by atoms with Gasteiger partial charge in [-0.25, -0.2) is 4.79 Å². The van der Waals surface area contributed by atoms with E-state index in [1.54, 1.807) is 12.1 Å². The molecular weight excluding hydrogens is 256 g/mol. The summed E-state index contributed by atoms with van der Waals surface area (Å²) in [5.74, 6) is 0.814. The fourth-order valence-electron chi connectivity index (χ4n) is 1.18. The predicted molar refractivity (Wildman–Crippen MR) is 69.3 cm³/mol. The lowest BCUT2D eigenvalue weighted by Gasteiger charge is -2.08. The highest BCUT2D eigenvalue weighted by Gasteiger charge is 2.03. The van der Waals surface area contributed by atoms with Crippen LogP contribution >= 0.6 is 11.8 Å². The third-order valence-corrected chi connectivity index (χ3v) is 3.19. The third-order valence-electron chi connectivity index (χ3n) is 2.12. The molecular formula is C12H16O5S. The molecule has 0 spiro atoms. The van der Waals surface area contributed by atoms with Crippen LogP contribution in [0.1, 0.15) is 10.4 Å². The van der Waals surface area contributed by atoms with Crippen LogP contribution in [0.15, 0.2) is 24.3 Å². The first kappa shape index (κ1) is 14.8. The standard InChI is InChI=1S/C12H16O5S/c13-7-10(14)8-18-6-5-17-11-3-1-9(2-4-11)12(15)16/h1-4,10,13-14H,5-8H2,(H,15,16). The van der Waals surface area contributed by atoms with Crippen molar-refractivity contribution in [3.05, 3.63) is 29.8 Å². The Morgan fingerprint density at radius 3 is 2.56 bits per heavy atom. The Hall–Kier alpha value is -1.24. The molecule has 6 heteroatoms. The first-order chi connectivity index (χ1) is 8.63. The minimum atomic E-state index is -0.963. The molecule has 0 fully saturated rings. The number of ether oxygens (including phenoxy) is 1. The van der Waals surface area contributed by atoms with Gasteiger partial charge in [-0.2, -0.15) is 11.8 Å². The van der Waals surface area contributed by atoms with Crippen molar-refractivity contribution in [1.82, 2.24) is 0 Å². The van der Waals surface area contributed by atoms with E-state index in [9.17, 15) is 4.79 Å². The van der Waals surface area contributed by atoms with Gasteiger partial charge in [-0.05, 0) is 24.3 Å². The van der Waals surface area contributed by atoms with Gasteiger partial charge in [0.25, 0.3) is 0 Å². The molecule has 1 unspecified atom stereocenters. The highest BCUT2D eigenvalue weighted by atomic mass is 32.2. The average molecular weight is 272 g/mol. The van der Waals surface area contributed by atoms with Crippen molar-refractivity contribution < 1.29 is 24.9 Å². The Morgan fingerprint density at radius 2 is 2.00 bits per heavy atom. The van der Waals surface area contributed by atoms with Crippen LogP contribution in [0.4, 0.5) is 0 Å². The van der Waals surface area contributed by atoms with Crippen LogP contribution in [0.5, 0.6) is 5.75 Å². The normalized spacial score (nSPS) is 12.1. The van der Waals surface area contributed by atoms with Crippen LogP contribution in [0.25, 0.3) is 0 Å². The summed E-state index contributed by atoms with van der Waals surface area (Å²) in [6, 6.07) is 6.19. The number of carboxylic acid groups (broad SMARTS) is 1. The van der Waals surface area contributed by atoms with E-state index in [2.05, 4.69) is 0 Å². The number of aliphatic hydroxyl groups excluding tert-OH is 2. The smallest absolute Gasteiger partial charge is 0.335 e. The molecule has 0 saturated carbocycles.